The molecule has 1 N–H and O–H groups in total. The van der Waals surface area contributed by atoms with E-state index in [0.29, 0.717) is 6.04 Å². The van der Waals surface area contributed by atoms with Gasteiger partial charge in [-0.15, -0.1) is 16.9 Å². The summed E-state index contributed by atoms with van der Waals surface area (Å²) in [4.78, 5) is 1.29. The molecule has 1 atom stereocenters. The number of benzene rings is 1. The Bertz CT molecular complexity index is 521. The molecule has 20 heavy (non-hydrogen) atoms. The van der Waals surface area contributed by atoms with Gasteiger partial charge < -0.3 is 5.32 Å². The first-order valence-corrected chi connectivity index (χ1v) is 8.18. The molecule has 0 aliphatic carbocycles. The Morgan fingerprint density at radius 2 is 2.05 bits per heavy atom. The third kappa shape index (κ3) is 4.08. The van der Waals surface area contributed by atoms with Gasteiger partial charge >= 0.3 is 0 Å². The zero-order valence-electron chi connectivity index (χ0n) is 12.3. The van der Waals surface area contributed by atoms with E-state index in [4.69, 9.17) is 0 Å². The number of thioether (sulfide) groups is 1. The third-order valence-electron chi connectivity index (χ3n) is 3.22. The van der Waals surface area contributed by atoms with Gasteiger partial charge in [-0.2, -0.15) is 0 Å². The molecule has 0 fully saturated rings. The molecule has 2 aromatic rings. The fourth-order valence-electron chi connectivity index (χ4n) is 2.16. The molecule has 0 saturated heterocycles. The summed E-state index contributed by atoms with van der Waals surface area (Å²) < 4.78 is 1.75. The van der Waals surface area contributed by atoms with Gasteiger partial charge in [-0.25, -0.2) is 0 Å². The largest absolute Gasteiger partial charge is 0.310 e. The van der Waals surface area contributed by atoms with Crippen LogP contribution in [0.3, 0.4) is 0 Å². The van der Waals surface area contributed by atoms with Crippen molar-refractivity contribution in [2.45, 2.75) is 30.7 Å². The molecule has 0 saturated carbocycles. The van der Waals surface area contributed by atoms with Gasteiger partial charge in [-0.1, -0.05) is 24.3 Å². The van der Waals surface area contributed by atoms with E-state index in [1.165, 1.54) is 10.5 Å². The number of nitrogens with zero attached hydrogens (tertiary/aromatic N) is 3. The summed E-state index contributed by atoms with van der Waals surface area (Å²) in [5.74, 6) is 0. The Hall–Kier alpha value is -1.33. The summed E-state index contributed by atoms with van der Waals surface area (Å²) >= 11 is 1.77. The zero-order valence-corrected chi connectivity index (χ0v) is 13.2. The van der Waals surface area contributed by atoms with E-state index in [1.54, 1.807) is 16.4 Å². The molecule has 2 rings (SSSR count). The van der Waals surface area contributed by atoms with Gasteiger partial charge in [-0.05, 0) is 36.9 Å². The first kappa shape index (κ1) is 15.1. The predicted molar refractivity (Wildman–Crippen MR) is 84.0 cm³/mol. The van der Waals surface area contributed by atoms with Crippen LogP contribution in [0.5, 0.6) is 0 Å². The molecule has 0 aliphatic heterocycles. The molecule has 4 nitrogen and oxygen atoms in total. The van der Waals surface area contributed by atoms with Crippen LogP contribution < -0.4 is 5.32 Å². The van der Waals surface area contributed by atoms with Gasteiger partial charge in [-0.3, -0.25) is 4.68 Å². The molecule has 1 aromatic heterocycles. The SMILES string of the molecule is CCCNC(Cc1cn(C)nn1)c1ccc(SC)cc1. The summed E-state index contributed by atoms with van der Waals surface area (Å²) in [5.41, 5.74) is 2.33. The molecule has 1 aromatic carbocycles. The van der Waals surface area contributed by atoms with E-state index < -0.39 is 0 Å². The molecule has 0 spiro atoms. The number of rotatable bonds is 7. The topological polar surface area (TPSA) is 42.7 Å². The second kappa shape index (κ2) is 7.45. The number of hydrogen-bond donors (Lipinski definition) is 1. The van der Waals surface area contributed by atoms with Crippen LogP contribution >= 0.6 is 11.8 Å². The minimum atomic E-state index is 0.294. The van der Waals surface area contributed by atoms with Crippen LogP contribution in [-0.2, 0) is 13.5 Å². The lowest BCUT2D eigenvalue weighted by atomic mass is 10.0. The lowest BCUT2D eigenvalue weighted by Crippen LogP contribution is -2.24. The minimum Gasteiger partial charge on any atom is -0.310 e. The summed E-state index contributed by atoms with van der Waals surface area (Å²) in [6, 6.07) is 9.06. The van der Waals surface area contributed by atoms with Crippen molar-refractivity contribution in [1.29, 1.82) is 0 Å². The Kier molecular flexibility index (Phi) is 5.61. The van der Waals surface area contributed by atoms with E-state index in [-0.39, 0.29) is 0 Å². The third-order valence-corrected chi connectivity index (χ3v) is 3.97. The van der Waals surface area contributed by atoms with Crippen LogP contribution in [0.2, 0.25) is 0 Å². The zero-order chi connectivity index (χ0) is 14.4. The van der Waals surface area contributed by atoms with E-state index in [0.717, 1.165) is 25.1 Å². The van der Waals surface area contributed by atoms with Crippen molar-refractivity contribution in [2.75, 3.05) is 12.8 Å². The smallest absolute Gasteiger partial charge is 0.0845 e. The van der Waals surface area contributed by atoms with Gasteiger partial charge in [0.2, 0.25) is 0 Å². The summed E-state index contributed by atoms with van der Waals surface area (Å²) in [6.07, 6.45) is 6.07. The quantitative estimate of drug-likeness (QED) is 0.796. The average Bonchev–Trinajstić information content (AvgIpc) is 2.89. The van der Waals surface area contributed by atoms with Gasteiger partial charge in [0.15, 0.2) is 0 Å². The van der Waals surface area contributed by atoms with Crippen LogP contribution in [0.4, 0.5) is 0 Å². The molecule has 1 unspecified atom stereocenters. The highest BCUT2D eigenvalue weighted by atomic mass is 32.2. The standard InChI is InChI=1S/C15H22N4S/c1-4-9-16-15(10-13-11-19(2)18-17-13)12-5-7-14(20-3)8-6-12/h5-8,11,15-16H,4,9-10H2,1-3H3. The fraction of sp³-hybridized carbons (Fsp3) is 0.467. The maximum atomic E-state index is 4.19. The highest BCUT2D eigenvalue weighted by Gasteiger charge is 2.13. The lowest BCUT2D eigenvalue weighted by molar-refractivity contribution is 0.524. The average molecular weight is 290 g/mol. The molecule has 0 radical (unpaired) electrons. The number of nitrogens with one attached hydrogen (secondary N) is 1. The fourth-order valence-corrected chi connectivity index (χ4v) is 2.57. The van der Waals surface area contributed by atoms with Crippen molar-refractivity contribution in [3.63, 3.8) is 0 Å². The summed E-state index contributed by atoms with van der Waals surface area (Å²) in [5, 5.41) is 11.8. The van der Waals surface area contributed by atoms with Gasteiger partial charge in [0.05, 0.1) is 5.69 Å². The van der Waals surface area contributed by atoms with Crippen molar-refractivity contribution in [3.05, 3.63) is 41.7 Å². The molecule has 1 heterocycles. The Labute approximate surface area is 125 Å². The second-order valence-electron chi connectivity index (χ2n) is 4.87. The van der Waals surface area contributed by atoms with Crippen LogP contribution in [0.25, 0.3) is 0 Å². The van der Waals surface area contributed by atoms with E-state index >= 15 is 0 Å². The predicted octanol–water partition coefficient (Wildman–Crippen LogP) is 2.82. The van der Waals surface area contributed by atoms with Crippen molar-refractivity contribution in [3.8, 4) is 0 Å². The normalized spacial score (nSPS) is 12.6. The Balaban J connectivity index is 2.12. The van der Waals surface area contributed by atoms with Crippen molar-refractivity contribution in [1.82, 2.24) is 20.3 Å². The number of aryl methyl sites for hydroxylation is 1. The number of hydrogen-bond acceptors (Lipinski definition) is 4. The van der Waals surface area contributed by atoms with Crippen molar-refractivity contribution < 1.29 is 0 Å². The van der Waals surface area contributed by atoms with E-state index in [1.807, 2.05) is 13.2 Å². The molecule has 0 bridgehead atoms. The Morgan fingerprint density at radius 3 is 2.60 bits per heavy atom. The molecule has 0 amide bonds. The van der Waals surface area contributed by atoms with Crippen molar-refractivity contribution in [2.24, 2.45) is 7.05 Å². The van der Waals surface area contributed by atoms with E-state index in [2.05, 4.69) is 53.1 Å². The van der Waals surface area contributed by atoms with Gasteiger partial charge in [0.25, 0.3) is 0 Å². The Morgan fingerprint density at radius 1 is 1.30 bits per heavy atom. The first-order chi connectivity index (χ1) is 9.72. The molecular weight excluding hydrogens is 268 g/mol. The molecular formula is C15H22N4S. The molecule has 0 aliphatic rings. The van der Waals surface area contributed by atoms with Crippen LogP contribution in [0.1, 0.15) is 30.6 Å². The number of aromatic nitrogens is 3. The first-order valence-electron chi connectivity index (χ1n) is 6.95. The van der Waals surface area contributed by atoms with Crippen LogP contribution in [0, 0.1) is 0 Å². The van der Waals surface area contributed by atoms with Crippen LogP contribution in [0.15, 0.2) is 35.4 Å². The monoisotopic (exact) mass is 290 g/mol. The minimum absolute atomic E-state index is 0.294. The van der Waals surface area contributed by atoms with Crippen LogP contribution in [-0.4, -0.2) is 27.8 Å². The van der Waals surface area contributed by atoms with E-state index in [9.17, 15) is 0 Å². The lowest BCUT2D eigenvalue weighted by Gasteiger charge is -2.18. The molecule has 108 valence electrons. The maximum absolute atomic E-state index is 4.19. The second-order valence-corrected chi connectivity index (χ2v) is 5.75. The van der Waals surface area contributed by atoms with Gasteiger partial charge in [0.1, 0.15) is 0 Å². The summed E-state index contributed by atoms with van der Waals surface area (Å²) in [6.45, 7) is 3.19. The van der Waals surface area contributed by atoms with Crippen molar-refractivity contribution >= 4 is 11.8 Å². The summed E-state index contributed by atoms with van der Waals surface area (Å²) in [7, 11) is 1.90. The highest BCUT2D eigenvalue weighted by molar-refractivity contribution is 7.98. The molecule has 5 heteroatoms. The van der Waals surface area contributed by atoms with Gasteiger partial charge in [0, 0.05) is 30.6 Å². The highest BCUT2D eigenvalue weighted by Crippen LogP contribution is 2.21. The maximum Gasteiger partial charge on any atom is 0.0845 e.